The first-order valence-corrected chi connectivity index (χ1v) is 7.76. The van der Waals surface area contributed by atoms with Crippen molar-refractivity contribution in [1.29, 1.82) is 0 Å². The summed E-state index contributed by atoms with van der Waals surface area (Å²) in [6.07, 6.45) is 5.46. The Kier molecular flexibility index (Phi) is 8.05. The van der Waals surface area contributed by atoms with E-state index >= 15 is 0 Å². The second-order valence-corrected chi connectivity index (χ2v) is 5.46. The maximum absolute atomic E-state index is 5.78. The van der Waals surface area contributed by atoms with Gasteiger partial charge in [-0.3, -0.25) is 0 Å². The monoisotopic (exact) mass is 275 g/mol. The number of hydrogen-bond donors (Lipinski definition) is 0. The lowest BCUT2D eigenvalue weighted by atomic mass is 10.2. The fourth-order valence-corrected chi connectivity index (χ4v) is 2.15. The van der Waals surface area contributed by atoms with Crippen molar-refractivity contribution < 1.29 is 4.74 Å². The van der Waals surface area contributed by atoms with Crippen LogP contribution in [-0.4, -0.2) is 30.6 Å². The Labute approximate surface area is 124 Å². The molecule has 1 aromatic carbocycles. The Morgan fingerprint density at radius 1 is 1.15 bits per heavy atom. The molecule has 0 N–H and O–H groups in total. The molecule has 0 aliphatic rings. The number of benzene rings is 1. The van der Waals surface area contributed by atoms with Crippen LogP contribution in [0.2, 0.25) is 0 Å². The van der Waals surface area contributed by atoms with E-state index < -0.39 is 0 Å². The van der Waals surface area contributed by atoms with Crippen LogP contribution < -0.4 is 4.74 Å². The molecule has 1 rings (SSSR count). The number of nitrogens with zero attached hydrogens (tertiary/aromatic N) is 1. The minimum atomic E-state index is 0.619. The van der Waals surface area contributed by atoms with Crippen molar-refractivity contribution in [2.45, 2.75) is 46.1 Å². The summed E-state index contributed by atoms with van der Waals surface area (Å²) in [5.74, 6) is 0.945. The summed E-state index contributed by atoms with van der Waals surface area (Å²) in [6.45, 7) is 13.6. The van der Waals surface area contributed by atoms with Gasteiger partial charge < -0.3 is 9.64 Å². The molecule has 0 unspecified atom stereocenters. The van der Waals surface area contributed by atoms with Gasteiger partial charge in [0.1, 0.15) is 5.75 Å². The zero-order valence-electron chi connectivity index (χ0n) is 13.3. The average Bonchev–Trinajstić information content (AvgIpc) is 2.46. The Hall–Kier alpha value is -1.28. The predicted octanol–water partition coefficient (Wildman–Crippen LogP) is 4.61. The first kappa shape index (κ1) is 16.8. The SMILES string of the molecule is C=Cc1ccc(OCCCN(CCCC)C(C)C)cc1. The zero-order valence-corrected chi connectivity index (χ0v) is 13.3. The maximum Gasteiger partial charge on any atom is 0.119 e. The fraction of sp³-hybridized carbons (Fsp3) is 0.556. The third-order valence-electron chi connectivity index (χ3n) is 3.50. The van der Waals surface area contributed by atoms with Crippen LogP contribution in [0.4, 0.5) is 0 Å². The van der Waals surface area contributed by atoms with Gasteiger partial charge in [0.25, 0.3) is 0 Å². The summed E-state index contributed by atoms with van der Waals surface area (Å²) >= 11 is 0. The molecule has 2 nitrogen and oxygen atoms in total. The van der Waals surface area contributed by atoms with Gasteiger partial charge in [0, 0.05) is 12.6 Å². The van der Waals surface area contributed by atoms with Crippen molar-refractivity contribution in [3.05, 3.63) is 36.4 Å². The Balaban J connectivity index is 2.26. The van der Waals surface area contributed by atoms with Gasteiger partial charge in [-0.05, 0) is 50.9 Å². The van der Waals surface area contributed by atoms with Gasteiger partial charge in [-0.15, -0.1) is 0 Å². The van der Waals surface area contributed by atoms with Crippen LogP contribution in [0.25, 0.3) is 6.08 Å². The Morgan fingerprint density at radius 2 is 1.80 bits per heavy atom. The van der Waals surface area contributed by atoms with Crippen molar-refractivity contribution in [3.8, 4) is 5.75 Å². The lowest BCUT2D eigenvalue weighted by Gasteiger charge is -2.26. The van der Waals surface area contributed by atoms with E-state index in [0.29, 0.717) is 6.04 Å². The van der Waals surface area contributed by atoms with E-state index in [0.717, 1.165) is 30.9 Å². The second kappa shape index (κ2) is 9.60. The smallest absolute Gasteiger partial charge is 0.119 e. The van der Waals surface area contributed by atoms with Gasteiger partial charge >= 0.3 is 0 Å². The molecule has 0 aliphatic carbocycles. The first-order valence-electron chi connectivity index (χ1n) is 7.76. The number of unbranched alkanes of at least 4 members (excludes halogenated alkanes) is 1. The summed E-state index contributed by atoms with van der Waals surface area (Å²) in [5, 5.41) is 0. The van der Waals surface area contributed by atoms with Crippen LogP contribution in [0, 0.1) is 0 Å². The van der Waals surface area contributed by atoms with Crippen LogP contribution in [0.1, 0.15) is 45.6 Å². The molecular weight excluding hydrogens is 246 g/mol. The lowest BCUT2D eigenvalue weighted by molar-refractivity contribution is 0.195. The average molecular weight is 275 g/mol. The number of rotatable bonds is 10. The molecule has 112 valence electrons. The highest BCUT2D eigenvalue weighted by Crippen LogP contribution is 2.13. The normalized spacial score (nSPS) is 11.1. The highest BCUT2D eigenvalue weighted by atomic mass is 16.5. The second-order valence-electron chi connectivity index (χ2n) is 5.46. The summed E-state index contributed by atoms with van der Waals surface area (Å²) < 4.78 is 5.78. The van der Waals surface area contributed by atoms with Crippen molar-refractivity contribution >= 4 is 6.08 Å². The largest absolute Gasteiger partial charge is 0.494 e. The molecule has 0 atom stereocenters. The van der Waals surface area contributed by atoms with Crippen molar-refractivity contribution in [3.63, 3.8) is 0 Å². The van der Waals surface area contributed by atoms with E-state index in [1.165, 1.54) is 19.4 Å². The third kappa shape index (κ3) is 6.25. The standard InChI is InChI=1S/C18H29NO/c1-5-7-13-19(16(3)4)14-8-15-20-18-11-9-17(6-2)10-12-18/h6,9-12,16H,2,5,7-8,13-15H2,1,3-4H3. The van der Waals surface area contributed by atoms with Crippen LogP contribution >= 0.6 is 0 Å². The third-order valence-corrected chi connectivity index (χ3v) is 3.50. The molecule has 0 amide bonds. The maximum atomic E-state index is 5.78. The number of hydrogen-bond acceptors (Lipinski definition) is 2. The summed E-state index contributed by atoms with van der Waals surface area (Å²) in [5.41, 5.74) is 1.13. The quantitative estimate of drug-likeness (QED) is 0.578. The van der Waals surface area contributed by atoms with E-state index in [4.69, 9.17) is 4.74 Å². The molecule has 0 spiro atoms. The predicted molar refractivity (Wildman–Crippen MR) is 88.3 cm³/mol. The topological polar surface area (TPSA) is 12.5 Å². The molecular formula is C18H29NO. The van der Waals surface area contributed by atoms with E-state index in [9.17, 15) is 0 Å². The van der Waals surface area contributed by atoms with Crippen LogP contribution in [0.5, 0.6) is 5.75 Å². The fourth-order valence-electron chi connectivity index (χ4n) is 2.15. The molecule has 1 aromatic rings. The van der Waals surface area contributed by atoms with Gasteiger partial charge in [-0.1, -0.05) is 38.1 Å². The summed E-state index contributed by atoms with van der Waals surface area (Å²) in [6, 6.07) is 8.70. The first-order chi connectivity index (χ1) is 9.67. The van der Waals surface area contributed by atoms with Crippen molar-refractivity contribution in [2.24, 2.45) is 0 Å². The lowest BCUT2D eigenvalue weighted by Crippen LogP contribution is -2.33. The summed E-state index contributed by atoms with van der Waals surface area (Å²) in [4.78, 5) is 2.54. The van der Waals surface area contributed by atoms with Gasteiger partial charge in [0.15, 0.2) is 0 Å². The molecule has 0 aliphatic heterocycles. The van der Waals surface area contributed by atoms with E-state index in [-0.39, 0.29) is 0 Å². The van der Waals surface area contributed by atoms with Gasteiger partial charge in [-0.25, -0.2) is 0 Å². The summed E-state index contributed by atoms with van der Waals surface area (Å²) in [7, 11) is 0. The van der Waals surface area contributed by atoms with Gasteiger partial charge in [0.2, 0.25) is 0 Å². The highest BCUT2D eigenvalue weighted by Gasteiger charge is 2.08. The molecule has 0 radical (unpaired) electrons. The molecule has 20 heavy (non-hydrogen) atoms. The molecule has 0 heterocycles. The van der Waals surface area contributed by atoms with E-state index in [1.807, 2.05) is 30.3 Å². The van der Waals surface area contributed by atoms with Crippen LogP contribution in [0.15, 0.2) is 30.8 Å². The van der Waals surface area contributed by atoms with Crippen LogP contribution in [-0.2, 0) is 0 Å². The molecule has 2 heteroatoms. The Bertz CT molecular complexity index is 370. The molecule has 0 fully saturated rings. The van der Waals surface area contributed by atoms with Crippen molar-refractivity contribution in [2.75, 3.05) is 19.7 Å². The minimum absolute atomic E-state index is 0.619. The van der Waals surface area contributed by atoms with Gasteiger partial charge in [0.05, 0.1) is 6.61 Å². The van der Waals surface area contributed by atoms with Crippen LogP contribution in [0.3, 0.4) is 0 Å². The minimum Gasteiger partial charge on any atom is -0.494 e. The molecule has 0 saturated carbocycles. The van der Waals surface area contributed by atoms with Gasteiger partial charge in [-0.2, -0.15) is 0 Å². The number of ether oxygens (including phenoxy) is 1. The molecule has 0 bridgehead atoms. The van der Waals surface area contributed by atoms with E-state index in [2.05, 4.69) is 32.3 Å². The Morgan fingerprint density at radius 3 is 2.35 bits per heavy atom. The molecule has 0 aromatic heterocycles. The highest BCUT2D eigenvalue weighted by molar-refractivity contribution is 5.48. The zero-order chi connectivity index (χ0) is 14.8. The molecule has 0 saturated heterocycles. The van der Waals surface area contributed by atoms with Crippen molar-refractivity contribution in [1.82, 2.24) is 4.90 Å². The van der Waals surface area contributed by atoms with E-state index in [1.54, 1.807) is 0 Å².